The van der Waals surface area contributed by atoms with Crippen LogP contribution in [0.25, 0.3) is 11.0 Å². The SMILES string of the molecule is Cc1nn(C(C)(C)C)c2[nH]ncc(=S)c12. The van der Waals surface area contributed by atoms with Crippen LogP contribution in [0.2, 0.25) is 0 Å². The van der Waals surface area contributed by atoms with Gasteiger partial charge in [0.25, 0.3) is 0 Å². The molecule has 0 fully saturated rings. The molecule has 1 N–H and O–H groups in total. The zero-order valence-electron chi connectivity index (χ0n) is 9.33. The lowest BCUT2D eigenvalue weighted by Crippen LogP contribution is -2.23. The fourth-order valence-corrected chi connectivity index (χ4v) is 1.92. The lowest BCUT2D eigenvalue weighted by atomic mass is 10.1. The summed E-state index contributed by atoms with van der Waals surface area (Å²) in [6.45, 7) is 8.27. The number of aromatic nitrogens is 4. The van der Waals surface area contributed by atoms with Crippen molar-refractivity contribution in [2.24, 2.45) is 0 Å². The summed E-state index contributed by atoms with van der Waals surface area (Å²) in [6.07, 6.45) is 1.65. The van der Waals surface area contributed by atoms with Crippen LogP contribution in [-0.4, -0.2) is 20.0 Å². The van der Waals surface area contributed by atoms with Gasteiger partial charge in [0.15, 0.2) is 5.65 Å². The van der Waals surface area contributed by atoms with Crippen LogP contribution in [0.4, 0.5) is 0 Å². The Hall–Kier alpha value is -1.23. The Kier molecular flexibility index (Phi) is 2.15. The van der Waals surface area contributed by atoms with E-state index >= 15 is 0 Å². The molecule has 2 aromatic heterocycles. The standard InChI is InChI=1S/C10H14N4S/c1-6-8-7(15)5-11-12-9(8)14(13-6)10(2,3)4/h5H,1-4H3,(H,12,15). The van der Waals surface area contributed by atoms with Gasteiger partial charge < -0.3 is 0 Å². The summed E-state index contributed by atoms with van der Waals surface area (Å²) >= 11 is 5.24. The molecule has 4 nitrogen and oxygen atoms in total. The molecule has 0 saturated heterocycles. The monoisotopic (exact) mass is 222 g/mol. The van der Waals surface area contributed by atoms with E-state index in [2.05, 4.69) is 36.1 Å². The third-order valence-electron chi connectivity index (χ3n) is 2.29. The van der Waals surface area contributed by atoms with Gasteiger partial charge in [-0.2, -0.15) is 10.2 Å². The highest BCUT2D eigenvalue weighted by molar-refractivity contribution is 7.71. The van der Waals surface area contributed by atoms with Crippen LogP contribution in [0.3, 0.4) is 0 Å². The van der Waals surface area contributed by atoms with Crippen LogP contribution in [0.15, 0.2) is 6.20 Å². The van der Waals surface area contributed by atoms with Crippen LogP contribution < -0.4 is 0 Å². The van der Waals surface area contributed by atoms with E-state index in [0.717, 1.165) is 21.2 Å². The van der Waals surface area contributed by atoms with Crippen molar-refractivity contribution in [1.29, 1.82) is 0 Å². The molecule has 0 aromatic carbocycles. The van der Waals surface area contributed by atoms with Gasteiger partial charge in [-0.15, -0.1) is 0 Å². The molecular formula is C10H14N4S. The Balaban J connectivity index is 2.92. The summed E-state index contributed by atoms with van der Waals surface area (Å²) in [6, 6.07) is 0. The lowest BCUT2D eigenvalue weighted by Gasteiger charge is -2.19. The Morgan fingerprint density at radius 1 is 1.40 bits per heavy atom. The first-order valence-corrected chi connectivity index (χ1v) is 5.25. The molecule has 0 saturated carbocycles. The Morgan fingerprint density at radius 3 is 2.67 bits per heavy atom. The van der Waals surface area contributed by atoms with Gasteiger partial charge in [-0.25, -0.2) is 4.68 Å². The number of hydrogen-bond acceptors (Lipinski definition) is 3. The average molecular weight is 222 g/mol. The van der Waals surface area contributed by atoms with E-state index in [1.165, 1.54) is 0 Å². The minimum absolute atomic E-state index is 0.0756. The first kappa shape index (κ1) is 10.3. The van der Waals surface area contributed by atoms with E-state index in [0.29, 0.717) is 0 Å². The predicted octanol–water partition coefficient (Wildman–Crippen LogP) is 2.55. The molecule has 80 valence electrons. The third kappa shape index (κ3) is 1.56. The summed E-state index contributed by atoms with van der Waals surface area (Å²) in [5, 5.41) is 12.5. The number of rotatable bonds is 0. The number of nitrogens with zero attached hydrogens (tertiary/aromatic N) is 3. The van der Waals surface area contributed by atoms with Gasteiger partial charge in [0.05, 0.1) is 27.3 Å². The van der Waals surface area contributed by atoms with Crippen LogP contribution in [0, 0.1) is 11.4 Å². The second-order valence-corrected chi connectivity index (χ2v) is 5.07. The zero-order chi connectivity index (χ0) is 11.2. The van der Waals surface area contributed by atoms with Crippen molar-refractivity contribution in [2.45, 2.75) is 33.2 Å². The molecule has 0 aliphatic rings. The van der Waals surface area contributed by atoms with Crippen LogP contribution >= 0.6 is 12.2 Å². The number of aryl methyl sites for hydroxylation is 1. The van der Waals surface area contributed by atoms with Gasteiger partial charge in [-0.3, -0.25) is 5.10 Å². The molecule has 0 aliphatic heterocycles. The summed E-state index contributed by atoms with van der Waals surface area (Å²) in [5.41, 5.74) is 1.77. The van der Waals surface area contributed by atoms with Crippen LogP contribution in [0.5, 0.6) is 0 Å². The highest BCUT2D eigenvalue weighted by Gasteiger charge is 2.19. The van der Waals surface area contributed by atoms with Gasteiger partial charge >= 0.3 is 0 Å². The minimum Gasteiger partial charge on any atom is -0.261 e. The van der Waals surface area contributed by atoms with Crippen molar-refractivity contribution in [2.75, 3.05) is 0 Å². The van der Waals surface area contributed by atoms with Crippen molar-refractivity contribution in [3.63, 3.8) is 0 Å². The number of hydrogen-bond donors (Lipinski definition) is 1. The molecule has 0 unspecified atom stereocenters. The molecule has 0 spiro atoms. The predicted molar refractivity (Wildman–Crippen MR) is 62.4 cm³/mol. The quantitative estimate of drug-likeness (QED) is 0.697. The van der Waals surface area contributed by atoms with Crippen LogP contribution in [-0.2, 0) is 5.54 Å². The summed E-state index contributed by atoms with van der Waals surface area (Å²) in [7, 11) is 0. The van der Waals surface area contributed by atoms with E-state index < -0.39 is 0 Å². The largest absolute Gasteiger partial charge is 0.261 e. The highest BCUT2D eigenvalue weighted by atomic mass is 32.1. The van der Waals surface area contributed by atoms with Crippen molar-refractivity contribution >= 4 is 23.3 Å². The Labute approximate surface area is 93.3 Å². The van der Waals surface area contributed by atoms with E-state index in [1.54, 1.807) is 6.20 Å². The number of aromatic amines is 1. The zero-order valence-corrected chi connectivity index (χ0v) is 10.1. The smallest absolute Gasteiger partial charge is 0.154 e. The second kappa shape index (κ2) is 3.13. The average Bonchev–Trinajstić information content (AvgIpc) is 2.44. The van der Waals surface area contributed by atoms with E-state index in [4.69, 9.17) is 12.2 Å². The minimum atomic E-state index is -0.0756. The summed E-state index contributed by atoms with van der Waals surface area (Å²) in [5.74, 6) is 0. The molecule has 0 atom stereocenters. The first-order valence-electron chi connectivity index (χ1n) is 4.85. The fraction of sp³-hybridized carbons (Fsp3) is 0.500. The normalized spacial score (nSPS) is 12.3. The molecule has 0 radical (unpaired) electrons. The number of nitrogens with one attached hydrogen (secondary N) is 1. The number of fused-ring (bicyclic) bond motifs is 1. The van der Waals surface area contributed by atoms with E-state index in [-0.39, 0.29) is 5.54 Å². The van der Waals surface area contributed by atoms with E-state index in [1.807, 2.05) is 11.6 Å². The third-order valence-corrected chi connectivity index (χ3v) is 2.60. The Morgan fingerprint density at radius 2 is 2.07 bits per heavy atom. The van der Waals surface area contributed by atoms with Crippen molar-refractivity contribution in [3.05, 3.63) is 16.4 Å². The van der Waals surface area contributed by atoms with E-state index in [9.17, 15) is 0 Å². The molecule has 0 bridgehead atoms. The molecule has 2 heterocycles. The molecule has 15 heavy (non-hydrogen) atoms. The highest BCUT2D eigenvalue weighted by Crippen LogP contribution is 2.22. The van der Waals surface area contributed by atoms with Gasteiger partial charge in [-0.1, -0.05) is 12.2 Å². The maximum Gasteiger partial charge on any atom is 0.154 e. The molecule has 5 heteroatoms. The molecule has 2 aromatic rings. The van der Waals surface area contributed by atoms with Crippen LogP contribution in [0.1, 0.15) is 26.5 Å². The second-order valence-electron chi connectivity index (χ2n) is 4.63. The Bertz CT molecular complexity index is 559. The van der Waals surface area contributed by atoms with Gasteiger partial charge in [0, 0.05) is 0 Å². The summed E-state index contributed by atoms with van der Waals surface area (Å²) in [4.78, 5) is 0. The molecule has 0 aliphatic carbocycles. The summed E-state index contributed by atoms with van der Waals surface area (Å²) < 4.78 is 2.68. The maximum absolute atomic E-state index is 5.24. The maximum atomic E-state index is 5.24. The van der Waals surface area contributed by atoms with Crippen molar-refractivity contribution < 1.29 is 0 Å². The van der Waals surface area contributed by atoms with Gasteiger partial charge in [-0.05, 0) is 27.7 Å². The molecular weight excluding hydrogens is 208 g/mol. The van der Waals surface area contributed by atoms with Gasteiger partial charge in [0.1, 0.15) is 0 Å². The van der Waals surface area contributed by atoms with Crippen molar-refractivity contribution in [1.82, 2.24) is 20.0 Å². The molecule has 0 amide bonds. The van der Waals surface area contributed by atoms with Crippen molar-refractivity contribution in [3.8, 4) is 0 Å². The van der Waals surface area contributed by atoms with Gasteiger partial charge in [0.2, 0.25) is 0 Å². The topological polar surface area (TPSA) is 46.5 Å². The lowest BCUT2D eigenvalue weighted by molar-refractivity contribution is 0.363. The first-order chi connectivity index (χ1) is 6.91. The fourth-order valence-electron chi connectivity index (χ4n) is 1.63. The number of H-pyrrole nitrogens is 1. The molecule has 2 rings (SSSR count).